The van der Waals surface area contributed by atoms with E-state index in [1.165, 1.54) is 59.3 Å². The van der Waals surface area contributed by atoms with Crippen molar-refractivity contribution in [3.8, 4) is 5.75 Å². The number of carbonyl (C=O) groups excluding carboxylic acids is 3. The minimum atomic E-state index is -1.37. The Morgan fingerprint density at radius 3 is 2.52 bits per heavy atom. The summed E-state index contributed by atoms with van der Waals surface area (Å²) < 4.78 is 15.3. The smallest absolute Gasteiger partial charge is 0.327 e. The maximum atomic E-state index is 14.4. The molecule has 3 amide bonds. The molecule has 3 aliphatic heterocycles. The number of aliphatic carboxylic acids is 1. The van der Waals surface area contributed by atoms with Crippen molar-refractivity contribution in [1.29, 1.82) is 0 Å². The second-order valence-electron chi connectivity index (χ2n) is 11.2. The van der Waals surface area contributed by atoms with E-state index in [0.717, 1.165) is 0 Å². The van der Waals surface area contributed by atoms with Gasteiger partial charge in [-0.1, -0.05) is 12.1 Å². The largest absolute Gasteiger partial charge is 0.508 e. The molecule has 4 heterocycles. The third kappa shape index (κ3) is 4.30. The van der Waals surface area contributed by atoms with Crippen molar-refractivity contribution in [3.05, 3.63) is 75.3 Å². The molecule has 0 radical (unpaired) electrons. The molecule has 2 saturated heterocycles. The van der Waals surface area contributed by atoms with Crippen molar-refractivity contribution in [2.75, 3.05) is 0 Å². The Morgan fingerprint density at radius 1 is 1.12 bits per heavy atom. The molecule has 11 nitrogen and oxygen atoms in total. The number of fused-ring (bicyclic) bond motifs is 1. The van der Waals surface area contributed by atoms with Gasteiger partial charge in [-0.05, 0) is 56.5 Å². The first kappa shape index (κ1) is 27.8. The van der Waals surface area contributed by atoms with E-state index in [4.69, 9.17) is 0 Å². The molecule has 0 aliphatic carbocycles. The first-order valence-corrected chi connectivity index (χ1v) is 14.2. The van der Waals surface area contributed by atoms with E-state index in [9.17, 15) is 38.6 Å². The summed E-state index contributed by atoms with van der Waals surface area (Å²) in [5.74, 6) is -3.79. The standard InChI is InChI=1S/C29H27FN4O7S/c1-29(2)23(28(40)41)34-26(39)20(27(34)42-29)32-25(38)19(13-5-7-14(35)8-6-13)31-24(37)17-12-33-11-3-4-15-18(30)10-9-16(21(15)33)22(17)36/h5-10,12,19-20,23,27,35H,3-4,11H2,1-2H3,(H,31,37)(H,32,38)(H,40,41). The molecule has 2 fully saturated rings. The SMILES string of the molecule is CC1(C)SC2C(NC(=O)C(NC(=O)c3cn4c5c(c(F)ccc5c3=O)CCC4)c3ccc(O)cc3)C(=O)N2C1C(=O)O. The number of nitrogens with one attached hydrogen (secondary N) is 2. The van der Waals surface area contributed by atoms with Gasteiger partial charge in [0.1, 0.15) is 40.6 Å². The van der Waals surface area contributed by atoms with E-state index in [2.05, 4.69) is 10.6 Å². The minimum absolute atomic E-state index is 0.0757. The third-order valence-corrected chi connectivity index (χ3v) is 9.67. The number of halogens is 1. The third-order valence-electron chi connectivity index (χ3n) is 8.09. The van der Waals surface area contributed by atoms with E-state index in [1.54, 1.807) is 18.4 Å². The number of phenolic OH excluding ortho intramolecular Hbond substituents is 1. The van der Waals surface area contributed by atoms with E-state index < -0.39 is 63.2 Å². The monoisotopic (exact) mass is 594 g/mol. The van der Waals surface area contributed by atoms with Gasteiger partial charge in [-0.15, -0.1) is 11.8 Å². The van der Waals surface area contributed by atoms with Crippen LogP contribution in [0.5, 0.6) is 5.75 Å². The van der Waals surface area contributed by atoms with Crippen molar-refractivity contribution in [2.45, 2.75) is 61.5 Å². The van der Waals surface area contributed by atoms with Crippen molar-refractivity contribution >= 4 is 46.4 Å². The normalized spacial score (nSPS) is 22.7. The number of pyridine rings is 1. The Kier molecular flexibility index (Phi) is 6.52. The lowest BCUT2D eigenvalue weighted by atomic mass is 9.95. The number of phenols is 1. The number of thioether (sulfide) groups is 1. The zero-order valence-corrected chi connectivity index (χ0v) is 23.4. The maximum absolute atomic E-state index is 14.4. The topological polar surface area (TPSA) is 158 Å². The molecular weight excluding hydrogens is 567 g/mol. The first-order chi connectivity index (χ1) is 19.9. The summed E-state index contributed by atoms with van der Waals surface area (Å²) in [6, 6.07) is 4.62. The van der Waals surface area contributed by atoms with Crippen molar-refractivity contribution in [1.82, 2.24) is 20.1 Å². The lowest BCUT2D eigenvalue weighted by Crippen LogP contribution is -2.71. The molecule has 4 unspecified atom stereocenters. The molecule has 6 rings (SSSR count). The average molecular weight is 595 g/mol. The first-order valence-electron chi connectivity index (χ1n) is 13.4. The number of carboxylic acid groups (broad SMARTS) is 1. The Bertz CT molecular complexity index is 1740. The van der Waals surface area contributed by atoms with E-state index in [0.29, 0.717) is 30.5 Å². The van der Waals surface area contributed by atoms with E-state index in [1.807, 2.05) is 0 Å². The van der Waals surface area contributed by atoms with Gasteiger partial charge in [0.05, 0.1) is 5.52 Å². The Hall–Kier alpha value is -4.39. The van der Waals surface area contributed by atoms with Gasteiger partial charge in [-0.3, -0.25) is 19.2 Å². The fraction of sp³-hybridized carbons (Fsp3) is 0.345. The summed E-state index contributed by atoms with van der Waals surface area (Å²) in [4.78, 5) is 66.6. The van der Waals surface area contributed by atoms with Crippen LogP contribution < -0.4 is 16.1 Å². The van der Waals surface area contributed by atoms with E-state index >= 15 is 0 Å². The number of hydrogen-bond donors (Lipinski definition) is 4. The second kappa shape index (κ2) is 9.86. The van der Waals surface area contributed by atoms with Crippen molar-refractivity contribution < 1.29 is 33.8 Å². The fourth-order valence-corrected chi connectivity index (χ4v) is 7.73. The molecule has 2 aromatic carbocycles. The highest BCUT2D eigenvalue weighted by Gasteiger charge is 2.64. The van der Waals surface area contributed by atoms with Crippen LogP contribution in [0.1, 0.15) is 47.8 Å². The number of rotatable bonds is 6. The molecule has 4 N–H and O–H groups in total. The number of aromatic hydroxyl groups is 1. The van der Waals surface area contributed by atoms with Gasteiger partial charge in [-0.2, -0.15) is 0 Å². The number of nitrogens with zero attached hydrogens (tertiary/aromatic N) is 2. The van der Waals surface area contributed by atoms with Gasteiger partial charge in [0, 0.05) is 28.4 Å². The number of amides is 3. The summed E-state index contributed by atoms with van der Waals surface area (Å²) in [5, 5.41) is 24.3. The maximum Gasteiger partial charge on any atom is 0.327 e. The number of aryl methyl sites for hydroxylation is 2. The Morgan fingerprint density at radius 2 is 1.83 bits per heavy atom. The quantitative estimate of drug-likeness (QED) is 0.315. The molecular formula is C29H27FN4O7S. The lowest BCUT2D eigenvalue weighted by molar-refractivity contribution is -0.161. The molecule has 13 heteroatoms. The number of aromatic nitrogens is 1. The van der Waals surface area contributed by atoms with Crippen LogP contribution in [0.15, 0.2) is 47.4 Å². The molecule has 1 aromatic heterocycles. The van der Waals surface area contributed by atoms with Gasteiger partial charge in [0.25, 0.3) is 5.91 Å². The molecule has 0 saturated carbocycles. The predicted molar refractivity (Wildman–Crippen MR) is 150 cm³/mol. The van der Waals surface area contributed by atoms with Crippen LogP contribution in [0, 0.1) is 5.82 Å². The number of hydrogen-bond acceptors (Lipinski definition) is 7. The molecule has 4 atom stereocenters. The van der Waals surface area contributed by atoms with Gasteiger partial charge in [-0.25, -0.2) is 9.18 Å². The summed E-state index contributed by atoms with van der Waals surface area (Å²) in [7, 11) is 0. The van der Waals surface area contributed by atoms with Gasteiger partial charge in [0.2, 0.25) is 17.2 Å². The molecule has 218 valence electrons. The van der Waals surface area contributed by atoms with Crippen LogP contribution in [0.25, 0.3) is 10.9 Å². The zero-order valence-electron chi connectivity index (χ0n) is 22.6. The van der Waals surface area contributed by atoms with Crippen LogP contribution in [-0.4, -0.2) is 65.6 Å². The predicted octanol–water partition coefficient (Wildman–Crippen LogP) is 1.90. The highest BCUT2D eigenvalue weighted by atomic mass is 32.2. The second-order valence-corrected chi connectivity index (χ2v) is 12.9. The van der Waals surface area contributed by atoms with Crippen LogP contribution in [0.3, 0.4) is 0 Å². The lowest BCUT2D eigenvalue weighted by Gasteiger charge is -2.44. The summed E-state index contributed by atoms with van der Waals surface area (Å²) in [5.41, 5.74) is 0.293. The summed E-state index contributed by atoms with van der Waals surface area (Å²) >= 11 is 1.26. The van der Waals surface area contributed by atoms with Gasteiger partial charge in [0.15, 0.2) is 0 Å². The molecule has 0 bridgehead atoms. The van der Waals surface area contributed by atoms with Crippen LogP contribution >= 0.6 is 11.8 Å². The number of β-lactam (4-membered cyclic amide) rings is 1. The average Bonchev–Trinajstić information content (AvgIpc) is 3.21. The van der Waals surface area contributed by atoms with Crippen LogP contribution in [-0.2, 0) is 27.3 Å². The number of carbonyl (C=O) groups is 4. The van der Waals surface area contributed by atoms with E-state index in [-0.39, 0.29) is 22.3 Å². The minimum Gasteiger partial charge on any atom is -0.508 e. The molecule has 3 aromatic rings. The molecule has 3 aliphatic rings. The number of benzene rings is 2. The highest BCUT2D eigenvalue weighted by Crippen LogP contribution is 2.50. The molecule has 42 heavy (non-hydrogen) atoms. The number of carboxylic acids is 1. The van der Waals surface area contributed by atoms with Crippen LogP contribution in [0.4, 0.5) is 4.39 Å². The van der Waals surface area contributed by atoms with Crippen molar-refractivity contribution in [2.24, 2.45) is 0 Å². The highest BCUT2D eigenvalue weighted by molar-refractivity contribution is 8.01. The zero-order chi connectivity index (χ0) is 30.1. The summed E-state index contributed by atoms with van der Waals surface area (Å²) in [6.07, 6.45) is 2.46. The Labute approximate surface area is 242 Å². The van der Waals surface area contributed by atoms with Crippen LogP contribution in [0.2, 0.25) is 0 Å². The molecule has 0 spiro atoms. The van der Waals surface area contributed by atoms with Crippen molar-refractivity contribution in [3.63, 3.8) is 0 Å². The fourth-order valence-electron chi connectivity index (χ4n) is 6.11. The van der Waals surface area contributed by atoms with Gasteiger partial charge >= 0.3 is 5.97 Å². The summed E-state index contributed by atoms with van der Waals surface area (Å²) in [6.45, 7) is 3.91. The van der Waals surface area contributed by atoms with Gasteiger partial charge < -0.3 is 30.3 Å². The Balaban J connectivity index is 1.30.